The van der Waals surface area contributed by atoms with E-state index < -0.39 is 11.4 Å². The highest BCUT2D eigenvalue weighted by atomic mass is 35.5. The zero-order chi connectivity index (χ0) is 33.0. The van der Waals surface area contributed by atoms with Gasteiger partial charge in [0.2, 0.25) is 0 Å². The number of aliphatic carboxylic acids is 1. The van der Waals surface area contributed by atoms with Gasteiger partial charge in [0.15, 0.2) is 5.82 Å². The summed E-state index contributed by atoms with van der Waals surface area (Å²) < 4.78 is 12.2. The van der Waals surface area contributed by atoms with E-state index in [4.69, 9.17) is 22.4 Å². The molecule has 8 heteroatoms. The molecule has 0 unspecified atom stereocenters. The maximum atomic E-state index is 12.3. The second-order valence-corrected chi connectivity index (χ2v) is 10.7. The number of carboxylic acid groups (broad SMARTS) is 1. The Kier molecular flexibility index (Phi) is 13.4. The van der Waals surface area contributed by atoms with Gasteiger partial charge in [0, 0.05) is 28.3 Å². The molecular formula is C36H41ClFN3O3. The van der Waals surface area contributed by atoms with Crippen LogP contribution in [-0.2, 0) is 27.8 Å². The molecule has 0 aliphatic carbocycles. The van der Waals surface area contributed by atoms with E-state index >= 15 is 0 Å². The lowest BCUT2D eigenvalue weighted by atomic mass is 9.76. The van der Waals surface area contributed by atoms with Crippen LogP contribution in [0.4, 0.5) is 10.2 Å². The number of aromatic nitrogens is 2. The van der Waals surface area contributed by atoms with Crippen molar-refractivity contribution < 1.29 is 19.1 Å². The molecule has 6 nitrogen and oxygen atoms in total. The molecule has 1 aromatic heterocycles. The molecular weight excluding hydrogens is 577 g/mol. The Morgan fingerprint density at radius 3 is 2.11 bits per heavy atom. The smallest absolute Gasteiger partial charge is 0.303 e. The van der Waals surface area contributed by atoms with E-state index in [2.05, 4.69) is 16.5 Å². The van der Waals surface area contributed by atoms with E-state index in [1.165, 1.54) is 17.7 Å². The van der Waals surface area contributed by atoms with Gasteiger partial charge in [0.05, 0.1) is 5.41 Å². The van der Waals surface area contributed by atoms with Crippen molar-refractivity contribution in [2.24, 2.45) is 0 Å². The molecule has 4 rings (SSSR count). The van der Waals surface area contributed by atoms with Crippen LogP contribution < -0.4 is 5.73 Å². The predicted octanol–water partition coefficient (Wildman–Crippen LogP) is 8.33. The summed E-state index contributed by atoms with van der Waals surface area (Å²) in [6, 6.07) is 19.3. The van der Waals surface area contributed by atoms with Gasteiger partial charge in [0.25, 0.3) is 0 Å². The highest BCUT2D eigenvalue weighted by Gasteiger charge is 2.34. The van der Waals surface area contributed by atoms with Gasteiger partial charge in [-0.3, -0.25) is 4.79 Å². The standard InChI is InChI=1S/C26H26ClN3O3.C8H9F.C2H6/c1-15-13-20(27)10-11-21(15)16(2)25-29-17(3)23(24(28)30-25)26(4,14-31)19-8-5-18(6-9-19)7-12-22(32)33;1-2-7-3-5-8(9)6-4-7;1-2/h5-6,8-11,13-14H,2,7,12H2,1,3-4H3,(H,32,33)(H2,28,29,30);3-6H,2H2,1H3;1-2H3/t26-;;/m0../s1. The SMILES string of the molecule is C=C(c1nc(C)c([C@@](C)(C=O)c2ccc(CCC(=O)O)cc2)c(N)n1)c1ccc(Cl)cc1C.CC.CCc1ccc(F)cc1. The first-order valence-electron chi connectivity index (χ1n) is 14.5. The molecule has 0 saturated carbocycles. The van der Waals surface area contributed by atoms with Crippen molar-refractivity contribution in [3.8, 4) is 0 Å². The Hall–Kier alpha value is -4.36. The average Bonchev–Trinajstić information content (AvgIpc) is 3.01. The number of hydrogen-bond donors (Lipinski definition) is 2. The number of benzene rings is 3. The number of nitrogen functional groups attached to an aromatic ring is 1. The molecule has 4 aromatic rings. The highest BCUT2D eigenvalue weighted by Crippen LogP contribution is 2.36. The largest absolute Gasteiger partial charge is 0.481 e. The molecule has 1 atom stereocenters. The summed E-state index contributed by atoms with van der Waals surface area (Å²) in [6.45, 7) is 15.7. The second-order valence-electron chi connectivity index (χ2n) is 10.2. The van der Waals surface area contributed by atoms with E-state index in [0.29, 0.717) is 34.1 Å². The summed E-state index contributed by atoms with van der Waals surface area (Å²) in [5.74, 6) is -0.425. The minimum atomic E-state index is -1.07. The van der Waals surface area contributed by atoms with Crippen molar-refractivity contribution in [1.29, 1.82) is 0 Å². The van der Waals surface area contributed by atoms with Crippen molar-refractivity contribution in [3.63, 3.8) is 0 Å². The Bertz CT molecular complexity index is 1560. The van der Waals surface area contributed by atoms with Crippen molar-refractivity contribution >= 4 is 35.2 Å². The van der Waals surface area contributed by atoms with Crippen LogP contribution in [0.5, 0.6) is 0 Å². The van der Waals surface area contributed by atoms with Crippen LogP contribution in [0, 0.1) is 19.7 Å². The molecule has 232 valence electrons. The van der Waals surface area contributed by atoms with Crippen LogP contribution in [0.1, 0.15) is 79.0 Å². The number of hydrogen-bond acceptors (Lipinski definition) is 5. The molecule has 3 N–H and O–H groups in total. The molecule has 0 spiro atoms. The number of anilines is 1. The van der Waals surface area contributed by atoms with Crippen molar-refractivity contribution in [1.82, 2.24) is 9.97 Å². The number of carboxylic acids is 1. The molecule has 44 heavy (non-hydrogen) atoms. The lowest BCUT2D eigenvalue weighted by Crippen LogP contribution is -2.29. The lowest BCUT2D eigenvalue weighted by Gasteiger charge is -2.27. The van der Waals surface area contributed by atoms with Gasteiger partial charge in [-0.2, -0.15) is 0 Å². The Balaban J connectivity index is 0.000000519. The van der Waals surface area contributed by atoms with E-state index in [-0.39, 0.29) is 18.1 Å². The number of halogens is 2. The number of nitrogens with zero attached hydrogens (tertiary/aromatic N) is 2. The average molecular weight is 618 g/mol. The highest BCUT2D eigenvalue weighted by molar-refractivity contribution is 6.30. The number of nitrogens with two attached hydrogens (primary N) is 1. The number of carbonyl (C=O) groups is 2. The van der Waals surface area contributed by atoms with E-state index in [1.807, 2.05) is 64.1 Å². The summed E-state index contributed by atoms with van der Waals surface area (Å²) in [5.41, 5.74) is 11.6. The maximum Gasteiger partial charge on any atom is 0.303 e. The zero-order valence-electron chi connectivity index (χ0n) is 26.2. The summed E-state index contributed by atoms with van der Waals surface area (Å²) in [5, 5.41) is 9.51. The summed E-state index contributed by atoms with van der Waals surface area (Å²) in [7, 11) is 0. The quantitative estimate of drug-likeness (QED) is 0.183. The number of carbonyl (C=O) groups excluding carboxylic acids is 1. The molecule has 0 fully saturated rings. The van der Waals surface area contributed by atoms with E-state index in [0.717, 1.165) is 35.0 Å². The first-order valence-corrected chi connectivity index (χ1v) is 14.9. The Morgan fingerprint density at radius 1 is 1.02 bits per heavy atom. The van der Waals surface area contributed by atoms with Crippen LogP contribution in [0.15, 0.2) is 73.3 Å². The first-order chi connectivity index (χ1) is 20.9. The van der Waals surface area contributed by atoms with Gasteiger partial charge in [-0.05, 0) is 85.7 Å². The van der Waals surface area contributed by atoms with Crippen LogP contribution >= 0.6 is 11.6 Å². The Labute approximate surface area is 264 Å². The first kappa shape index (κ1) is 35.8. The van der Waals surface area contributed by atoms with Gasteiger partial charge >= 0.3 is 5.97 Å². The zero-order valence-corrected chi connectivity index (χ0v) is 27.0. The van der Waals surface area contributed by atoms with Crippen LogP contribution in [-0.4, -0.2) is 27.3 Å². The summed E-state index contributed by atoms with van der Waals surface area (Å²) in [4.78, 5) is 32.3. The maximum absolute atomic E-state index is 12.3. The molecule has 0 radical (unpaired) electrons. The summed E-state index contributed by atoms with van der Waals surface area (Å²) in [6.07, 6.45) is 2.26. The minimum Gasteiger partial charge on any atom is -0.481 e. The third-order valence-corrected chi connectivity index (χ3v) is 7.39. The van der Waals surface area contributed by atoms with Crippen LogP contribution in [0.25, 0.3) is 5.57 Å². The fraction of sp³-hybridized carbons (Fsp3) is 0.278. The van der Waals surface area contributed by atoms with Crippen LogP contribution in [0.3, 0.4) is 0 Å². The molecule has 0 aliphatic rings. The van der Waals surface area contributed by atoms with Crippen molar-refractivity contribution in [3.05, 3.63) is 129 Å². The van der Waals surface area contributed by atoms with E-state index in [1.54, 1.807) is 32.0 Å². The normalized spacial score (nSPS) is 11.6. The third-order valence-electron chi connectivity index (χ3n) is 7.16. The molecule has 0 saturated heterocycles. The Morgan fingerprint density at radius 2 is 1.61 bits per heavy atom. The third kappa shape index (κ3) is 9.07. The van der Waals surface area contributed by atoms with Gasteiger partial charge in [-0.25, -0.2) is 14.4 Å². The fourth-order valence-electron chi connectivity index (χ4n) is 4.72. The minimum absolute atomic E-state index is 0.0443. The van der Waals surface area contributed by atoms with Gasteiger partial charge in [0.1, 0.15) is 17.9 Å². The lowest BCUT2D eigenvalue weighted by molar-refractivity contribution is -0.137. The van der Waals surface area contributed by atoms with Crippen molar-refractivity contribution in [2.45, 2.75) is 66.2 Å². The van der Waals surface area contributed by atoms with Gasteiger partial charge in [-0.1, -0.05) is 81.4 Å². The van der Waals surface area contributed by atoms with Gasteiger partial charge in [-0.15, -0.1) is 0 Å². The predicted molar refractivity (Wildman–Crippen MR) is 178 cm³/mol. The second kappa shape index (κ2) is 16.5. The summed E-state index contributed by atoms with van der Waals surface area (Å²) >= 11 is 6.06. The molecule has 0 bridgehead atoms. The van der Waals surface area contributed by atoms with Gasteiger partial charge < -0.3 is 15.6 Å². The monoisotopic (exact) mass is 617 g/mol. The molecule has 0 aliphatic heterocycles. The topological polar surface area (TPSA) is 106 Å². The fourth-order valence-corrected chi connectivity index (χ4v) is 4.95. The molecule has 3 aromatic carbocycles. The molecule has 1 heterocycles. The molecule has 0 amide bonds. The number of rotatable bonds is 9. The number of aldehydes is 1. The number of aryl methyl sites for hydroxylation is 4. The van der Waals surface area contributed by atoms with Crippen molar-refractivity contribution in [2.75, 3.05) is 5.73 Å². The van der Waals surface area contributed by atoms with E-state index in [9.17, 15) is 14.0 Å². The van der Waals surface area contributed by atoms with Crippen LogP contribution in [0.2, 0.25) is 5.02 Å².